The van der Waals surface area contributed by atoms with E-state index in [0.717, 1.165) is 25.4 Å². The van der Waals surface area contributed by atoms with Crippen molar-refractivity contribution >= 4 is 34.8 Å². The van der Waals surface area contributed by atoms with E-state index in [1.807, 2.05) is 13.8 Å². The van der Waals surface area contributed by atoms with Crippen LogP contribution in [0.3, 0.4) is 0 Å². The van der Waals surface area contributed by atoms with Gasteiger partial charge < -0.3 is 0 Å². The van der Waals surface area contributed by atoms with Gasteiger partial charge in [0, 0.05) is 0 Å². The van der Waals surface area contributed by atoms with Gasteiger partial charge in [-0.3, -0.25) is 0 Å². The van der Waals surface area contributed by atoms with Crippen LogP contribution in [0.2, 0.25) is 4.82 Å². The zero-order valence-corrected chi connectivity index (χ0v) is 8.11. The third-order valence-corrected chi connectivity index (χ3v) is 8.35. The SMILES string of the molecule is CC(C)[Se](=O)[Na]. The van der Waals surface area contributed by atoms with Crippen molar-refractivity contribution in [2.24, 2.45) is 0 Å². The Hall–Kier alpha value is 1.32. The van der Waals surface area contributed by atoms with Gasteiger partial charge in [-0.15, -0.1) is 0 Å². The van der Waals surface area contributed by atoms with Gasteiger partial charge in [0.25, 0.3) is 0 Å². The van der Waals surface area contributed by atoms with E-state index < -0.39 is 9.39 Å². The molecule has 0 aliphatic rings. The first-order valence-corrected chi connectivity index (χ1v) is 9.61. The predicted molar refractivity (Wildman–Crippen MR) is 27.3 cm³/mol. The Kier molecular flexibility index (Phi) is 4.07. The van der Waals surface area contributed by atoms with Crippen molar-refractivity contribution in [3.05, 3.63) is 0 Å². The summed E-state index contributed by atoms with van der Waals surface area (Å²) in [5, 5.41) is 0. The number of rotatable bonds is 1. The van der Waals surface area contributed by atoms with E-state index in [1.165, 1.54) is 0 Å². The molecule has 3 heteroatoms. The van der Waals surface area contributed by atoms with Crippen LogP contribution in [0.5, 0.6) is 0 Å². The van der Waals surface area contributed by atoms with Gasteiger partial charge in [-0.05, 0) is 0 Å². The molecule has 1 atom stereocenters. The van der Waals surface area contributed by atoms with Crippen molar-refractivity contribution < 1.29 is 3.83 Å². The Morgan fingerprint density at radius 3 is 1.83 bits per heavy atom. The average molecular weight is 161 g/mol. The topological polar surface area (TPSA) is 17.1 Å². The van der Waals surface area contributed by atoms with Gasteiger partial charge in [0.2, 0.25) is 0 Å². The van der Waals surface area contributed by atoms with E-state index in [-0.39, 0.29) is 0 Å². The third kappa shape index (κ3) is 3.51. The van der Waals surface area contributed by atoms with Crippen LogP contribution in [0, 0.1) is 0 Å². The number of hydrogen-bond acceptors (Lipinski definition) is 1. The molecule has 0 radical (unpaired) electrons. The molecule has 0 aromatic heterocycles. The molecule has 0 saturated heterocycles. The van der Waals surface area contributed by atoms with Gasteiger partial charge in [0.15, 0.2) is 0 Å². The van der Waals surface area contributed by atoms with Crippen LogP contribution < -0.4 is 0 Å². The van der Waals surface area contributed by atoms with E-state index in [9.17, 15) is 3.83 Å². The van der Waals surface area contributed by atoms with Crippen molar-refractivity contribution in [3.63, 3.8) is 0 Å². The molecule has 0 bridgehead atoms. The molecule has 6 heavy (non-hydrogen) atoms. The van der Waals surface area contributed by atoms with Crippen LogP contribution in [0.15, 0.2) is 0 Å². The molecule has 0 saturated carbocycles. The van der Waals surface area contributed by atoms with Crippen molar-refractivity contribution in [1.29, 1.82) is 0 Å². The minimum absolute atomic E-state index is 0.483. The van der Waals surface area contributed by atoms with E-state index in [4.69, 9.17) is 0 Å². The van der Waals surface area contributed by atoms with E-state index in [0.29, 0.717) is 4.82 Å². The van der Waals surface area contributed by atoms with Gasteiger partial charge in [0.05, 0.1) is 0 Å². The van der Waals surface area contributed by atoms with E-state index in [1.54, 1.807) is 0 Å². The first kappa shape index (κ1) is 7.32. The summed E-state index contributed by atoms with van der Waals surface area (Å²) in [4.78, 5) is 0.483. The average Bonchev–Trinajstić information content (AvgIpc) is 1.36. The van der Waals surface area contributed by atoms with Crippen LogP contribution in [0.4, 0.5) is 0 Å². The molecule has 0 N–H and O–H groups in total. The second-order valence-corrected chi connectivity index (χ2v) is 9.80. The van der Waals surface area contributed by atoms with Crippen molar-refractivity contribution in [2.75, 3.05) is 0 Å². The summed E-state index contributed by atoms with van der Waals surface area (Å²) >= 11 is 0.923. The van der Waals surface area contributed by atoms with Gasteiger partial charge in [-0.1, -0.05) is 0 Å². The Balaban J connectivity index is 3.26. The zero-order chi connectivity index (χ0) is 5.15. The van der Waals surface area contributed by atoms with Crippen LogP contribution in [-0.2, 0) is 3.83 Å². The molecular formula is C3H7NaOSe. The first-order chi connectivity index (χ1) is 2.64. The Labute approximate surface area is 56.9 Å². The minimum atomic E-state index is -1.25. The fraction of sp³-hybridized carbons (Fsp3) is 1.00. The quantitative estimate of drug-likeness (QED) is 0.511. The molecule has 0 amide bonds. The first-order valence-electron chi connectivity index (χ1n) is 1.97. The molecule has 32 valence electrons. The molecule has 0 aromatic carbocycles. The molecule has 0 aliphatic heterocycles. The maximum atomic E-state index is 10.4. The van der Waals surface area contributed by atoms with Crippen LogP contribution in [0.25, 0.3) is 0 Å². The van der Waals surface area contributed by atoms with Crippen LogP contribution in [-0.4, -0.2) is 34.8 Å². The van der Waals surface area contributed by atoms with Crippen molar-refractivity contribution in [3.8, 4) is 0 Å². The van der Waals surface area contributed by atoms with Crippen molar-refractivity contribution in [2.45, 2.75) is 18.7 Å². The summed E-state index contributed by atoms with van der Waals surface area (Å²) in [6.07, 6.45) is 0. The predicted octanol–water partition coefficient (Wildman–Crippen LogP) is 0.484. The molecular weight excluding hydrogens is 154 g/mol. The molecule has 0 rings (SSSR count). The van der Waals surface area contributed by atoms with Crippen molar-refractivity contribution in [1.82, 2.24) is 0 Å². The second-order valence-electron chi connectivity index (χ2n) is 1.55. The summed E-state index contributed by atoms with van der Waals surface area (Å²) in [6.45, 7) is 4.04. The zero-order valence-electron chi connectivity index (χ0n) is 4.39. The van der Waals surface area contributed by atoms with E-state index in [2.05, 4.69) is 0 Å². The summed E-state index contributed by atoms with van der Waals surface area (Å²) < 4.78 is 10.4. The van der Waals surface area contributed by atoms with Crippen LogP contribution >= 0.6 is 0 Å². The molecule has 0 fully saturated rings. The standard InChI is InChI=1S/C3H7OSe.Na/c1-3(2)5-4;/h3H,1-2H3;/q+1;-1. The fourth-order valence-corrected chi connectivity index (χ4v) is 0. The molecule has 0 aromatic rings. The van der Waals surface area contributed by atoms with Gasteiger partial charge >= 0.3 is 57.3 Å². The van der Waals surface area contributed by atoms with E-state index >= 15 is 0 Å². The fourth-order valence-electron chi connectivity index (χ4n) is 0. The Morgan fingerprint density at radius 1 is 1.67 bits per heavy atom. The second kappa shape index (κ2) is 3.34. The normalized spacial score (nSPS) is 15.5. The Morgan fingerprint density at radius 2 is 1.83 bits per heavy atom. The molecule has 1 nitrogen and oxygen atoms in total. The van der Waals surface area contributed by atoms with Gasteiger partial charge in [0.1, 0.15) is 0 Å². The van der Waals surface area contributed by atoms with Crippen LogP contribution in [0.1, 0.15) is 13.8 Å². The molecule has 0 heterocycles. The summed E-state index contributed by atoms with van der Waals surface area (Å²) in [6, 6.07) is 0. The third-order valence-electron chi connectivity index (χ3n) is 0.664. The van der Waals surface area contributed by atoms with Gasteiger partial charge in [-0.25, -0.2) is 0 Å². The Bertz CT molecular complexity index is 61.8. The summed E-state index contributed by atoms with van der Waals surface area (Å²) in [7, 11) is -1.25. The summed E-state index contributed by atoms with van der Waals surface area (Å²) in [5.41, 5.74) is 0. The molecule has 0 spiro atoms. The summed E-state index contributed by atoms with van der Waals surface area (Å²) in [5.74, 6) is 0. The number of hydrogen-bond donors (Lipinski definition) is 0. The monoisotopic (exact) mass is 162 g/mol. The van der Waals surface area contributed by atoms with Gasteiger partial charge in [-0.2, -0.15) is 0 Å². The molecule has 1 unspecified atom stereocenters. The molecule has 0 aliphatic carbocycles. The maximum absolute atomic E-state index is 10.4.